The van der Waals surface area contributed by atoms with E-state index in [9.17, 15) is 9.59 Å². The Kier molecular flexibility index (Phi) is 5.64. The van der Waals surface area contributed by atoms with Gasteiger partial charge in [0.05, 0.1) is 23.4 Å². The van der Waals surface area contributed by atoms with Crippen molar-refractivity contribution < 1.29 is 14.3 Å². The first-order valence-electron chi connectivity index (χ1n) is 9.62. The Morgan fingerprint density at radius 1 is 1.19 bits per heavy atom. The van der Waals surface area contributed by atoms with Gasteiger partial charge in [-0.25, -0.2) is 0 Å². The number of esters is 1. The van der Waals surface area contributed by atoms with Crippen molar-refractivity contribution in [3.63, 3.8) is 0 Å². The molecule has 0 saturated heterocycles. The molecule has 1 atom stereocenters. The third-order valence-electron chi connectivity index (χ3n) is 4.89. The third-order valence-corrected chi connectivity index (χ3v) is 4.89. The molecule has 0 spiro atoms. The largest absolute Gasteiger partial charge is 0.462 e. The summed E-state index contributed by atoms with van der Waals surface area (Å²) in [4.78, 5) is 25.7. The summed E-state index contributed by atoms with van der Waals surface area (Å²) >= 11 is 0. The summed E-state index contributed by atoms with van der Waals surface area (Å²) in [6.07, 6.45) is 5.49. The van der Waals surface area contributed by atoms with Gasteiger partial charge in [0.15, 0.2) is 0 Å². The van der Waals surface area contributed by atoms with Gasteiger partial charge in [-0.15, -0.1) is 0 Å². The monoisotopic (exact) mass is 356 g/mol. The molecule has 0 radical (unpaired) electrons. The molecule has 2 aromatic heterocycles. The van der Waals surface area contributed by atoms with Gasteiger partial charge in [-0.2, -0.15) is 0 Å². The quantitative estimate of drug-likeness (QED) is 0.577. The number of fused-ring (bicyclic) bond motifs is 1. The first kappa shape index (κ1) is 18.5. The molecule has 3 rings (SSSR count). The average Bonchev–Trinajstić information content (AvgIpc) is 3.16. The highest BCUT2D eigenvalue weighted by molar-refractivity contribution is 6.07. The van der Waals surface area contributed by atoms with Crippen LogP contribution in [0.4, 0.5) is 0 Å². The number of nitrogens with zero attached hydrogens (tertiary/aromatic N) is 2. The van der Waals surface area contributed by atoms with Crippen molar-refractivity contribution in [1.29, 1.82) is 0 Å². The van der Waals surface area contributed by atoms with Gasteiger partial charge in [0.1, 0.15) is 0 Å². The van der Waals surface area contributed by atoms with Crippen molar-refractivity contribution in [2.45, 2.75) is 71.6 Å². The van der Waals surface area contributed by atoms with Crippen molar-refractivity contribution in [2.75, 3.05) is 0 Å². The Balaban J connectivity index is 1.94. The fraction of sp³-hybridized carbons (Fsp3) is 0.524. The average molecular weight is 356 g/mol. The highest BCUT2D eigenvalue weighted by atomic mass is 16.5. The Hall–Kier alpha value is -2.30. The summed E-state index contributed by atoms with van der Waals surface area (Å²) in [5.41, 5.74) is 2.28. The zero-order valence-corrected chi connectivity index (χ0v) is 15.9. The van der Waals surface area contributed by atoms with E-state index in [2.05, 4.69) is 6.92 Å². The summed E-state index contributed by atoms with van der Waals surface area (Å²) in [5.74, 6) is -0.453. The van der Waals surface area contributed by atoms with Gasteiger partial charge in [-0.05, 0) is 57.4 Å². The van der Waals surface area contributed by atoms with Crippen LogP contribution in [0.3, 0.4) is 0 Å². The van der Waals surface area contributed by atoms with Crippen LogP contribution in [0, 0.1) is 0 Å². The number of hydrogen-bond donors (Lipinski definition) is 0. The SMILES string of the molecule is CCCn1cccc1C(=O)c1ccc2n1CCCCC2C(=O)OC(C)C. The van der Waals surface area contributed by atoms with E-state index in [1.54, 1.807) is 0 Å². The molecule has 0 amide bonds. The number of carbonyl (C=O) groups is 2. The number of ether oxygens (including phenoxy) is 1. The van der Waals surface area contributed by atoms with Crippen LogP contribution in [0.15, 0.2) is 30.5 Å². The van der Waals surface area contributed by atoms with Gasteiger partial charge in [0.25, 0.3) is 0 Å². The lowest BCUT2D eigenvalue weighted by molar-refractivity contribution is -0.149. The third kappa shape index (κ3) is 3.62. The highest BCUT2D eigenvalue weighted by Gasteiger charge is 2.30. The zero-order valence-electron chi connectivity index (χ0n) is 15.9. The molecular weight excluding hydrogens is 328 g/mol. The van der Waals surface area contributed by atoms with Crippen molar-refractivity contribution in [3.8, 4) is 0 Å². The van der Waals surface area contributed by atoms with Crippen LogP contribution in [0.2, 0.25) is 0 Å². The Labute approximate surface area is 155 Å². The number of carbonyl (C=O) groups excluding carboxylic acids is 2. The lowest BCUT2D eigenvalue weighted by Crippen LogP contribution is -2.22. The minimum atomic E-state index is -0.288. The van der Waals surface area contributed by atoms with Crippen molar-refractivity contribution >= 4 is 11.8 Å². The number of rotatable bonds is 6. The Bertz CT molecular complexity index is 785. The molecule has 26 heavy (non-hydrogen) atoms. The predicted molar refractivity (Wildman–Crippen MR) is 100 cm³/mol. The van der Waals surface area contributed by atoms with Gasteiger partial charge in [0, 0.05) is 25.0 Å². The second-order valence-corrected chi connectivity index (χ2v) is 7.25. The maximum absolute atomic E-state index is 13.1. The van der Waals surface area contributed by atoms with Crippen LogP contribution < -0.4 is 0 Å². The van der Waals surface area contributed by atoms with Crippen LogP contribution in [-0.4, -0.2) is 27.0 Å². The van der Waals surface area contributed by atoms with Gasteiger partial charge in [-0.1, -0.05) is 13.3 Å². The molecule has 140 valence electrons. The lowest BCUT2D eigenvalue weighted by Gasteiger charge is -2.18. The molecule has 0 N–H and O–H groups in total. The van der Waals surface area contributed by atoms with E-state index in [4.69, 9.17) is 4.74 Å². The molecule has 5 heteroatoms. The second kappa shape index (κ2) is 7.94. The molecule has 2 aromatic rings. The normalized spacial score (nSPS) is 17.0. The molecular formula is C21H28N2O3. The van der Waals surface area contributed by atoms with E-state index in [0.29, 0.717) is 11.4 Å². The minimum absolute atomic E-state index is 0.0209. The van der Waals surface area contributed by atoms with Crippen LogP contribution in [0.1, 0.15) is 74.2 Å². The van der Waals surface area contributed by atoms with Gasteiger partial charge >= 0.3 is 5.97 Å². The molecule has 3 heterocycles. The van der Waals surface area contributed by atoms with Crippen molar-refractivity contribution in [3.05, 3.63) is 47.5 Å². The number of hydrogen-bond acceptors (Lipinski definition) is 3. The molecule has 0 fully saturated rings. The molecule has 5 nitrogen and oxygen atoms in total. The molecule has 1 aliphatic rings. The van der Waals surface area contributed by atoms with Gasteiger partial charge < -0.3 is 13.9 Å². The summed E-state index contributed by atoms with van der Waals surface area (Å²) in [5, 5.41) is 0. The number of aryl methyl sites for hydroxylation is 1. The van der Waals surface area contributed by atoms with E-state index in [-0.39, 0.29) is 23.8 Å². The van der Waals surface area contributed by atoms with E-state index in [1.807, 2.05) is 53.4 Å². The molecule has 0 bridgehead atoms. The first-order valence-corrected chi connectivity index (χ1v) is 9.62. The van der Waals surface area contributed by atoms with Crippen LogP contribution >= 0.6 is 0 Å². The number of aromatic nitrogens is 2. The molecule has 0 saturated carbocycles. The maximum Gasteiger partial charge on any atom is 0.315 e. The summed E-state index contributed by atoms with van der Waals surface area (Å²) in [6.45, 7) is 7.42. The molecule has 0 aliphatic carbocycles. The van der Waals surface area contributed by atoms with E-state index < -0.39 is 0 Å². The van der Waals surface area contributed by atoms with Crippen LogP contribution in [0.25, 0.3) is 0 Å². The fourth-order valence-corrected chi connectivity index (χ4v) is 3.74. The highest BCUT2D eigenvalue weighted by Crippen LogP contribution is 2.31. The standard InChI is InChI=1S/C21H28N2O3/c1-4-12-22-13-7-9-18(22)20(24)19-11-10-17-16(21(25)26-15(2)3)8-5-6-14-23(17)19/h7,9-11,13,15-16H,4-6,8,12,14H2,1-3H3. The molecule has 1 aliphatic heterocycles. The van der Waals surface area contributed by atoms with Gasteiger partial charge in [-0.3, -0.25) is 9.59 Å². The van der Waals surface area contributed by atoms with Crippen LogP contribution in [0.5, 0.6) is 0 Å². The summed E-state index contributed by atoms with van der Waals surface area (Å²) in [7, 11) is 0. The Morgan fingerprint density at radius 2 is 2.00 bits per heavy atom. The summed E-state index contributed by atoms with van der Waals surface area (Å²) < 4.78 is 9.49. The molecule has 1 unspecified atom stereocenters. The minimum Gasteiger partial charge on any atom is -0.462 e. The lowest BCUT2D eigenvalue weighted by atomic mass is 10.00. The van der Waals surface area contributed by atoms with E-state index in [0.717, 1.165) is 44.5 Å². The fourth-order valence-electron chi connectivity index (χ4n) is 3.74. The van der Waals surface area contributed by atoms with Gasteiger partial charge in [0.2, 0.25) is 5.78 Å². The molecule has 0 aromatic carbocycles. The maximum atomic E-state index is 13.1. The smallest absolute Gasteiger partial charge is 0.315 e. The summed E-state index contributed by atoms with van der Waals surface area (Å²) in [6, 6.07) is 7.58. The zero-order chi connectivity index (χ0) is 18.7. The second-order valence-electron chi connectivity index (χ2n) is 7.25. The van der Waals surface area contributed by atoms with E-state index >= 15 is 0 Å². The topological polar surface area (TPSA) is 53.2 Å². The first-order chi connectivity index (χ1) is 12.5. The number of ketones is 1. The van der Waals surface area contributed by atoms with Crippen molar-refractivity contribution in [1.82, 2.24) is 9.13 Å². The Morgan fingerprint density at radius 3 is 2.73 bits per heavy atom. The van der Waals surface area contributed by atoms with Crippen molar-refractivity contribution in [2.24, 2.45) is 0 Å². The van der Waals surface area contributed by atoms with E-state index in [1.165, 1.54) is 0 Å². The predicted octanol–water partition coefficient (Wildman–Crippen LogP) is 4.15. The van der Waals surface area contributed by atoms with Crippen LogP contribution in [-0.2, 0) is 22.6 Å².